The first-order valence-electron chi connectivity index (χ1n) is 6.69. The molecule has 1 aromatic carbocycles. The van der Waals surface area contributed by atoms with Gasteiger partial charge in [0, 0.05) is 17.8 Å². The van der Waals surface area contributed by atoms with Crippen molar-refractivity contribution in [1.29, 1.82) is 0 Å². The Labute approximate surface area is 117 Å². The molecule has 0 saturated carbocycles. The average Bonchev–Trinajstić information content (AvgIpc) is 2.33. The number of benzene rings is 1. The molecule has 0 bridgehead atoms. The van der Waals surface area contributed by atoms with Crippen LogP contribution in [-0.4, -0.2) is 19.7 Å². The molecule has 0 heterocycles. The summed E-state index contributed by atoms with van der Waals surface area (Å²) in [7, 11) is -1.59. The predicted octanol–water partition coefficient (Wildman–Crippen LogP) is 4.07. The van der Waals surface area contributed by atoms with Gasteiger partial charge in [0.05, 0.1) is 0 Å². The largest absolute Gasteiger partial charge is 0.300 e. The molecule has 0 fully saturated rings. The Balaban J connectivity index is 2.94. The third-order valence-electron chi connectivity index (χ3n) is 2.75. The van der Waals surface area contributed by atoms with Gasteiger partial charge in [0.25, 0.3) is 0 Å². The van der Waals surface area contributed by atoms with Crippen LogP contribution in [0.3, 0.4) is 0 Å². The summed E-state index contributed by atoms with van der Waals surface area (Å²) in [5, 5.41) is 4.75. The Kier molecular flexibility index (Phi) is 5.48. The SMILES string of the molecule is CC(=O)CC/C(C)=N/N(c1ccccc1)[Si](C)(C)C. The molecule has 0 aliphatic rings. The van der Waals surface area contributed by atoms with E-state index in [1.54, 1.807) is 6.92 Å². The van der Waals surface area contributed by atoms with Gasteiger partial charge < -0.3 is 4.79 Å². The van der Waals surface area contributed by atoms with Gasteiger partial charge in [-0.2, -0.15) is 5.10 Å². The molecule has 3 nitrogen and oxygen atoms in total. The molecule has 1 aromatic rings. The van der Waals surface area contributed by atoms with Crippen molar-refractivity contribution in [2.75, 3.05) is 4.67 Å². The van der Waals surface area contributed by atoms with E-state index in [0.717, 1.165) is 17.8 Å². The maximum Gasteiger partial charge on any atom is 0.176 e. The molecular formula is C15H24N2OSi. The molecular weight excluding hydrogens is 252 g/mol. The van der Waals surface area contributed by atoms with Gasteiger partial charge in [0.2, 0.25) is 0 Å². The second-order valence-electron chi connectivity index (χ2n) is 5.86. The average molecular weight is 276 g/mol. The maximum atomic E-state index is 11.0. The quantitative estimate of drug-likeness (QED) is 0.445. The summed E-state index contributed by atoms with van der Waals surface area (Å²) >= 11 is 0. The number of nitrogens with zero attached hydrogens (tertiary/aromatic N) is 2. The highest BCUT2D eigenvalue weighted by atomic mass is 28.3. The number of rotatable bonds is 6. The summed E-state index contributed by atoms with van der Waals surface area (Å²) in [4.78, 5) is 11.0. The normalized spacial score (nSPS) is 12.4. The Morgan fingerprint density at radius 3 is 2.16 bits per heavy atom. The van der Waals surface area contributed by atoms with Crippen molar-refractivity contribution in [3.05, 3.63) is 30.3 Å². The van der Waals surface area contributed by atoms with E-state index in [0.29, 0.717) is 6.42 Å². The van der Waals surface area contributed by atoms with Gasteiger partial charge in [0.1, 0.15) is 5.78 Å². The van der Waals surface area contributed by atoms with E-state index < -0.39 is 8.24 Å². The van der Waals surface area contributed by atoms with Gasteiger partial charge in [0.15, 0.2) is 8.24 Å². The lowest BCUT2D eigenvalue weighted by molar-refractivity contribution is -0.116. The summed E-state index contributed by atoms with van der Waals surface area (Å²) in [6.45, 7) is 10.4. The van der Waals surface area contributed by atoms with Crippen molar-refractivity contribution >= 4 is 25.4 Å². The van der Waals surface area contributed by atoms with Crippen molar-refractivity contribution in [2.45, 2.75) is 46.3 Å². The van der Waals surface area contributed by atoms with E-state index in [9.17, 15) is 4.79 Å². The van der Waals surface area contributed by atoms with Gasteiger partial charge >= 0.3 is 0 Å². The van der Waals surface area contributed by atoms with Crippen molar-refractivity contribution in [3.8, 4) is 0 Å². The smallest absolute Gasteiger partial charge is 0.176 e. The molecule has 0 aromatic heterocycles. The molecule has 0 atom stereocenters. The van der Waals surface area contributed by atoms with Crippen molar-refractivity contribution < 1.29 is 4.79 Å². The highest BCUT2D eigenvalue weighted by Gasteiger charge is 2.24. The second-order valence-corrected chi connectivity index (χ2v) is 10.6. The first-order valence-corrected chi connectivity index (χ1v) is 10.1. The standard InChI is InChI=1S/C15H24N2OSi/c1-13(11-12-14(2)18)16-17(19(3,4)5)15-9-7-6-8-10-15/h6-10H,11-12H2,1-5H3/b16-13+. The lowest BCUT2D eigenvalue weighted by Gasteiger charge is -2.32. The van der Waals surface area contributed by atoms with Crippen LogP contribution in [0, 0.1) is 0 Å². The molecule has 0 spiro atoms. The fourth-order valence-electron chi connectivity index (χ4n) is 1.74. The predicted molar refractivity (Wildman–Crippen MR) is 85.3 cm³/mol. The molecule has 104 valence electrons. The van der Waals surface area contributed by atoms with Crippen LogP contribution in [-0.2, 0) is 4.79 Å². The van der Waals surface area contributed by atoms with E-state index in [4.69, 9.17) is 5.10 Å². The van der Waals surface area contributed by atoms with Gasteiger partial charge in [-0.25, -0.2) is 0 Å². The number of carbonyl (C=O) groups excluding carboxylic acids is 1. The van der Waals surface area contributed by atoms with Crippen molar-refractivity contribution in [2.24, 2.45) is 5.10 Å². The van der Waals surface area contributed by atoms with Crippen molar-refractivity contribution in [1.82, 2.24) is 0 Å². The molecule has 0 unspecified atom stereocenters. The fourth-order valence-corrected chi connectivity index (χ4v) is 3.14. The minimum Gasteiger partial charge on any atom is -0.300 e. The summed E-state index contributed by atoms with van der Waals surface area (Å²) in [5.41, 5.74) is 2.14. The highest BCUT2D eigenvalue weighted by molar-refractivity contribution is 6.79. The molecule has 0 saturated heterocycles. The Hall–Kier alpha value is -1.42. The number of carbonyl (C=O) groups is 1. The summed E-state index contributed by atoms with van der Waals surface area (Å²) < 4.78 is 2.16. The molecule has 0 aliphatic carbocycles. The minimum atomic E-state index is -1.59. The van der Waals surface area contributed by atoms with Crippen molar-refractivity contribution in [3.63, 3.8) is 0 Å². The topological polar surface area (TPSA) is 32.7 Å². The third kappa shape index (κ3) is 5.38. The van der Waals surface area contributed by atoms with E-state index >= 15 is 0 Å². The van der Waals surface area contributed by atoms with Crippen LogP contribution >= 0.6 is 0 Å². The van der Waals surface area contributed by atoms with Crippen LogP contribution in [0.1, 0.15) is 26.7 Å². The molecule has 0 aliphatic heterocycles. The maximum absolute atomic E-state index is 11.0. The number of hydrogen-bond donors (Lipinski definition) is 0. The molecule has 19 heavy (non-hydrogen) atoms. The summed E-state index contributed by atoms with van der Waals surface area (Å²) in [5.74, 6) is 0.216. The third-order valence-corrected chi connectivity index (χ3v) is 4.37. The Bertz CT molecular complexity index is 449. The summed E-state index contributed by atoms with van der Waals surface area (Å²) in [6, 6.07) is 10.2. The van der Waals surface area contributed by atoms with Gasteiger partial charge in [-0.05, 0) is 52.0 Å². The van der Waals surface area contributed by atoms with Crippen LogP contribution in [0.2, 0.25) is 19.6 Å². The first kappa shape index (κ1) is 15.6. The lowest BCUT2D eigenvalue weighted by Crippen LogP contribution is -2.43. The fraction of sp³-hybridized carbons (Fsp3) is 0.467. The first-order chi connectivity index (χ1) is 8.80. The zero-order valence-electron chi connectivity index (χ0n) is 12.6. The van der Waals surface area contributed by atoms with Crippen LogP contribution in [0.5, 0.6) is 0 Å². The monoisotopic (exact) mass is 276 g/mol. The zero-order chi connectivity index (χ0) is 14.5. The highest BCUT2D eigenvalue weighted by Crippen LogP contribution is 2.22. The van der Waals surface area contributed by atoms with Gasteiger partial charge in [-0.3, -0.25) is 4.67 Å². The van der Waals surface area contributed by atoms with Crippen LogP contribution in [0.25, 0.3) is 0 Å². The summed E-state index contributed by atoms with van der Waals surface area (Å²) in [6.07, 6.45) is 1.31. The van der Waals surface area contributed by atoms with Gasteiger partial charge in [-0.1, -0.05) is 18.2 Å². The Morgan fingerprint density at radius 2 is 1.68 bits per heavy atom. The number of para-hydroxylation sites is 1. The second kappa shape index (κ2) is 6.66. The van der Waals surface area contributed by atoms with E-state index in [-0.39, 0.29) is 5.78 Å². The van der Waals surface area contributed by atoms with Crippen LogP contribution in [0.15, 0.2) is 35.4 Å². The molecule has 0 N–H and O–H groups in total. The minimum absolute atomic E-state index is 0.216. The van der Waals surface area contributed by atoms with Crippen LogP contribution < -0.4 is 4.67 Å². The number of hydrazone groups is 1. The molecule has 1 rings (SSSR count). The van der Waals surface area contributed by atoms with Gasteiger partial charge in [-0.15, -0.1) is 0 Å². The molecule has 0 radical (unpaired) electrons. The number of anilines is 1. The van der Waals surface area contributed by atoms with Crippen LogP contribution in [0.4, 0.5) is 5.69 Å². The van der Waals surface area contributed by atoms with E-state index in [1.165, 1.54) is 0 Å². The zero-order valence-corrected chi connectivity index (χ0v) is 13.6. The Morgan fingerprint density at radius 1 is 1.11 bits per heavy atom. The number of Topliss-reactive ketones (excluding diaryl/α,β-unsaturated/α-hetero) is 1. The number of ketones is 1. The molecule has 4 heteroatoms. The van der Waals surface area contributed by atoms with E-state index in [1.807, 2.05) is 25.1 Å². The number of hydrogen-bond acceptors (Lipinski definition) is 3. The lowest BCUT2D eigenvalue weighted by atomic mass is 10.2. The molecule has 0 amide bonds. The van der Waals surface area contributed by atoms with E-state index in [2.05, 4.69) is 36.4 Å².